The smallest absolute Gasteiger partial charge is 0.333 e. The Balaban J connectivity index is 3.75. The summed E-state index contributed by atoms with van der Waals surface area (Å²) >= 11 is 0. The molecule has 0 N–H and O–H groups in total. The van der Waals surface area contributed by atoms with E-state index in [1.54, 1.807) is 6.92 Å². The Kier molecular flexibility index (Phi) is 13.2. The quantitative estimate of drug-likeness (QED) is 0.206. The monoisotopic (exact) mass is 324 g/mol. The van der Waals surface area contributed by atoms with Crippen molar-refractivity contribution in [2.75, 3.05) is 6.61 Å². The van der Waals surface area contributed by atoms with Crippen LogP contribution in [0.2, 0.25) is 0 Å². The normalized spacial score (nSPS) is 15.0. The summed E-state index contributed by atoms with van der Waals surface area (Å²) in [6, 6.07) is 0. The van der Waals surface area contributed by atoms with Crippen molar-refractivity contribution in [3.8, 4) is 0 Å². The number of carbonyl (C=O) groups is 1. The third kappa shape index (κ3) is 11.4. The van der Waals surface area contributed by atoms with E-state index < -0.39 is 0 Å². The van der Waals surface area contributed by atoms with Gasteiger partial charge in [-0.15, -0.1) is 0 Å². The Morgan fingerprint density at radius 1 is 0.913 bits per heavy atom. The van der Waals surface area contributed by atoms with Crippen molar-refractivity contribution in [1.29, 1.82) is 0 Å². The molecule has 2 heteroatoms. The maximum atomic E-state index is 11.4. The average molecular weight is 325 g/mol. The van der Waals surface area contributed by atoms with Gasteiger partial charge in [0, 0.05) is 5.57 Å². The molecule has 0 aliphatic carbocycles. The molecule has 0 amide bonds. The van der Waals surface area contributed by atoms with Crippen LogP contribution in [0.15, 0.2) is 12.2 Å². The molecule has 0 aromatic rings. The first kappa shape index (κ1) is 22.2. The number of unbranched alkanes of at least 4 members (excludes halogenated alkanes) is 6. The molecule has 0 aromatic heterocycles. The van der Waals surface area contributed by atoms with E-state index in [1.807, 2.05) is 0 Å². The summed E-state index contributed by atoms with van der Waals surface area (Å²) in [5, 5.41) is 0. The lowest BCUT2D eigenvalue weighted by Crippen LogP contribution is -2.19. The highest BCUT2D eigenvalue weighted by Gasteiger charge is 2.19. The van der Waals surface area contributed by atoms with Crippen LogP contribution in [0.3, 0.4) is 0 Å². The van der Waals surface area contributed by atoms with E-state index in [0.29, 0.717) is 24.0 Å². The molecule has 0 saturated heterocycles. The van der Waals surface area contributed by atoms with Crippen LogP contribution in [0.4, 0.5) is 0 Å². The summed E-state index contributed by atoms with van der Waals surface area (Å²) < 4.78 is 5.21. The lowest BCUT2D eigenvalue weighted by Gasteiger charge is -2.26. The van der Waals surface area contributed by atoms with Crippen LogP contribution in [0.1, 0.15) is 92.4 Å². The largest absolute Gasteiger partial charge is 0.462 e. The predicted octanol–water partition coefficient (Wildman–Crippen LogP) is 6.54. The summed E-state index contributed by atoms with van der Waals surface area (Å²) in [7, 11) is 0. The summed E-state index contributed by atoms with van der Waals surface area (Å²) in [5.41, 5.74) is 0.484. The van der Waals surface area contributed by atoms with E-state index in [4.69, 9.17) is 4.74 Å². The fourth-order valence-corrected chi connectivity index (χ4v) is 2.97. The first-order valence-electron chi connectivity index (χ1n) is 9.72. The molecule has 0 radical (unpaired) electrons. The van der Waals surface area contributed by atoms with Crippen molar-refractivity contribution in [2.24, 2.45) is 17.8 Å². The fourth-order valence-electron chi connectivity index (χ4n) is 2.97. The van der Waals surface area contributed by atoms with Crippen molar-refractivity contribution in [1.82, 2.24) is 0 Å². The van der Waals surface area contributed by atoms with Crippen LogP contribution in [-0.2, 0) is 9.53 Å². The lowest BCUT2D eigenvalue weighted by atomic mass is 9.81. The second-order valence-corrected chi connectivity index (χ2v) is 7.43. The number of hydrogen-bond donors (Lipinski definition) is 0. The van der Waals surface area contributed by atoms with Crippen molar-refractivity contribution in [3.05, 3.63) is 12.2 Å². The second kappa shape index (κ2) is 13.6. The van der Waals surface area contributed by atoms with E-state index in [0.717, 1.165) is 12.3 Å². The number of esters is 1. The molecule has 0 fully saturated rings. The zero-order chi connectivity index (χ0) is 17.7. The highest BCUT2D eigenvalue weighted by Crippen LogP contribution is 2.27. The average Bonchev–Trinajstić information content (AvgIpc) is 2.52. The zero-order valence-electron chi connectivity index (χ0n) is 16.3. The fraction of sp³-hybridized carbons (Fsp3) is 0.857. The molecule has 0 saturated carbocycles. The van der Waals surface area contributed by atoms with Gasteiger partial charge in [-0.2, -0.15) is 0 Å². The highest BCUT2D eigenvalue weighted by atomic mass is 16.5. The minimum atomic E-state index is -0.263. The van der Waals surface area contributed by atoms with Crippen LogP contribution in [0.25, 0.3) is 0 Å². The Morgan fingerprint density at radius 3 is 2.00 bits per heavy atom. The van der Waals surface area contributed by atoms with Crippen molar-refractivity contribution in [2.45, 2.75) is 92.4 Å². The van der Waals surface area contributed by atoms with E-state index in [-0.39, 0.29) is 5.97 Å². The van der Waals surface area contributed by atoms with Crippen LogP contribution in [0.5, 0.6) is 0 Å². The molecule has 0 rings (SSSR count). The van der Waals surface area contributed by atoms with E-state index in [9.17, 15) is 4.79 Å². The molecule has 0 aliphatic rings. The SMILES string of the molecule is C=C(C)C(=O)OCCC(C)C(C)C(C)CCCCCCCCC. The van der Waals surface area contributed by atoms with Crippen LogP contribution in [-0.4, -0.2) is 12.6 Å². The Morgan fingerprint density at radius 2 is 1.43 bits per heavy atom. The van der Waals surface area contributed by atoms with E-state index in [1.165, 1.54) is 51.4 Å². The van der Waals surface area contributed by atoms with Gasteiger partial charge in [0.25, 0.3) is 0 Å². The summed E-state index contributed by atoms with van der Waals surface area (Å²) in [6.07, 6.45) is 11.9. The molecule has 3 unspecified atom stereocenters. The molecule has 23 heavy (non-hydrogen) atoms. The molecule has 2 nitrogen and oxygen atoms in total. The minimum absolute atomic E-state index is 0.263. The summed E-state index contributed by atoms with van der Waals surface area (Å²) in [5.74, 6) is 1.75. The van der Waals surface area contributed by atoms with Crippen molar-refractivity contribution in [3.63, 3.8) is 0 Å². The van der Waals surface area contributed by atoms with Gasteiger partial charge < -0.3 is 4.74 Å². The standard InChI is InChI=1S/C21H40O2/c1-7-8-9-10-11-12-13-14-18(4)20(6)19(5)15-16-23-21(22)17(2)3/h18-20H,2,7-16H2,1,3-6H3. The number of rotatable bonds is 14. The van der Waals surface area contributed by atoms with Crippen molar-refractivity contribution < 1.29 is 9.53 Å². The second-order valence-electron chi connectivity index (χ2n) is 7.43. The van der Waals surface area contributed by atoms with Gasteiger partial charge in [-0.1, -0.05) is 85.6 Å². The van der Waals surface area contributed by atoms with Gasteiger partial charge in [-0.05, 0) is 31.1 Å². The maximum absolute atomic E-state index is 11.4. The summed E-state index contributed by atoms with van der Waals surface area (Å²) in [6.45, 7) is 15.1. The molecule has 0 aliphatic heterocycles. The zero-order valence-corrected chi connectivity index (χ0v) is 16.3. The van der Waals surface area contributed by atoms with E-state index in [2.05, 4.69) is 34.3 Å². The maximum Gasteiger partial charge on any atom is 0.333 e. The van der Waals surface area contributed by atoms with Crippen LogP contribution < -0.4 is 0 Å². The van der Waals surface area contributed by atoms with Gasteiger partial charge in [0.15, 0.2) is 0 Å². The van der Waals surface area contributed by atoms with Gasteiger partial charge in [-0.3, -0.25) is 0 Å². The number of ether oxygens (including phenoxy) is 1. The molecule has 0 spiro atoms. The lowest BCUT2D eigenvalue weighted by molar-refractivity contribution is -0.139. The first-order chi connectivity index (χ1) is 10.9. The Labute approximate surface area is 145 Å². The third-order valence-corrected chi connectivity index (χ3v) is 5.21. The molecule has 0 heterocycles. The van der Waals surface area contributed by atoms with Gasteiger partial charge in [0.2, 0.25) is 0 Å². The topological polar surface area (TPSA) is 26.3 Å². The molecule has 3 atom stereocenters. The Hall–Kier alpha value is -0.790. The highest BCUT2D eigenvalue weighted by molar-refractivity contribution is 5.86. The predicted molar refractivity (Wildman–Crippen MR) is 100 cm³/mol. The Bertz CT molecular complexity index is 322. The first-order valence-corrected chi connectivity index (χ1v) is 9.72. The molecular formula is C21H40O2. The van der Waals surface area contributed by atoms with Gasteiger partial charge >= 0.3 is 5.97 Å². The van der Waals surface area contributed by atoms with Gasteiger partial charge in [0.1, 0.15) is 0 Å². The van der Waals surface area contributed by atoms with E-state index >= 15 is 0 Å². The minimum Gasteiger partial charge on any atom is -0.462 e. The molecular weight excluding hydrogens is 284 g/mol. The van der Waals surface area contributed by atoms with Crippen molar-refractivity contribution >= 4 is 5.97 Å². The van der Waals surface area contributed by atoms with Gasteiger partial charge in [0.05, 0.1) is 6.61 Å². The number of carbonyl (C=O) groups excluding carboxylic acids is 1. The van der Waals surface area contributed by atoms with Crippen LogP contribution in [0, 0.1) is 17.8 Å². The van der Waals surface area contributed by atoms with Crippen LogP contribution >= 0.6 is 0 Å². The molecule has 136 valence electrons. The third-order valence-electron chi connectivity index (χ3n) is 5.21. The van der Waals surface area contributed by atoms with Gasteiger partial charge in [-0.25, -0.2) is 4.79 Å². The summed E-state index contributed by atoms with van der Waals surface area (Å²) in [4.78, 5) is 11.4. The molecule has 0 bridgehead atoms. The number of hydrogen-bond acceptors (Lipinski definition) is 2. The molecule has 0 aromatic carbocycles.